The second-order valence-corrected chi connectivity index (χ2v) is 10.2. The summed E-state index contributed by atoms with van der Waals surface area (Å²) >= 11 is 6.06. The van der Waals surface area contributed by atoms with Crippen LogP contribution in [0.1, 0.15) is 36.2 Å². The lowest BCUT2D eigenvalue weighted by Crippen LogP contribution is -2.64. The molecule has 3 rings (SSSR count). The second-order valence-electron chi connectivity index (χ2n) is 9.77. The van der Waals surface area contributed by atoms with Crippen molar-refractivity contribution in [3.63, 3.8) is 0 Å². The van der Waals surface area contributed by atoms with Crippen molar-refractivity contribution >= 4 is 29.4 Å². The third-order valence-electron chi connectivity index (χ3n) is 6.59. The lowest BCUT2D eigenvalue weighted by molar-refractivity contribution is -0.146. The number of amides is 2. The number of nitrogens with two attached hydrogens (primary N) is 1. The molecule has 1 fully saturated rings. The van der Waals surface area contributed by atoms with Crippen molar-refractivity contribution in [1.82, 2.24) is 15.2 Å². The molecule has 1 aliphatic rings. The van der Waals surface area contributed by atoms with E-state index in [1.54, 1.807) is 23.1 Å². The van der Waals surface area contributed by atoms with Gasteiger partial charge in [-0.25, -0.2) is 0 Å². The molecule has 0 radical (unpaired) electrons. The minimum atomic E-state index is -1.05. The number of pyridine rings is 1. The molecule has 0 spiro atoms. The van der Waals surface area contributed by atoms with Crippen LogP contribution in [0.5, 0.6) is 0 Å². The number of aryl methyl sites for hydroxylation is 1. The molecule has 3 unspecified atom stereocenters. The molecule has 2 heterocycles. The van der Waals surface area contributed by atoms with Crippen LogP contribution >= 0.6 is 11.6 Å². The zero-order valence-corrected chi connectivity index (χ0v) is 22.0. The Morgan fingerprint density at radius 1 is 1.24 bits per heavy atom. The SMILES string of the molecule is COCC(N)C(=O)NC1(Cc2ccc(Cl)cc2)CCCN(C(=O)C(CC(=O)O)Cc2cccc(C)n2)C1. The maximum absolute atomic E-state index is 13.7. The van der Waals surface area contributed by atoms with Gasteiger partial charge in [-0.2, -0.15) is 0 Å². The zero-order chi connectivity index (χ0) is 27.0. The summed E-state index contributed by atoms with van der Waals surface area (Å²) in [6.07, 6.45) is 1.65. The van der Waals surface area contributed by atoms with Gasteiger partial charge in [-0.15, -0.1) is 0 Å². The van der Waals surface area contributed by atoms with Gasteiger partial charge >= 0.3 is 5.97 Å². The van der Waals surface area contributed by atoms with Crippen LogP contribution in [0.3, 0.4) is 0 Å². The lowest BCUT2D eigenvalue weighted by Gasteiger charge is -2.45. The number of rotatable bonds is 11. The number of nitrogens with zero attached hydrogens (tertiary/aromatic N) is 2. The number of methoxy groups -OCH3 is 1. The van der Waals surface area contributed by atoms with Crippen LogP contribution in [0.4, 0.5) is 0 Å². The summed E-state index contributed by atoms with van der Waals surface area (Å²) in [6, 6.07) is 12.0. The van der Waals surface area contributed by atoms with Crippen molar-refractivity contribution in [2.75, 3.05) is 26.8 Å². The Balaban J connectivity index is 1.86. The number of hydrogen-bond acceptors (Lipinski definition) is 6. The first-order valence-electron chi connectivity index (χ1n) is 12.3. The summed E-state index contributed by atoms with van der Waals surface area (Å²) in [5, 5.41) is 13.2. The molecule has 4 N–H and O–H groups in total. The van der Waals surface area contributed by atoms with Gasteiger partial charge < -0.3 is 25.8 Å². The first-order chi connectivity index (χ1) is 17.6. The molecular weight excluding hydrogens is 496 g/mol. The van der Waals surface area contributed by atoms with Crippen LogP contribution < -0.4 is 11.1 Å². The fourth-order valence-electron chi connectivity index (χ4n) is 4.89. The molecule has 10 heteroatoms. The Labute approximate surface area is 222 Å². The van der Waals surface area contributed by atoms with E-state index >= 15 is 0 Å². The number of carbonyl (C=O) groups excluding carboxylic acids is 2. The quantitative estimate of drug-likeness (QED) is 0.406. The van der Waals surface area contributed by atoms with Crippen LogP contribution in [-0.2, 0) is 32.0 Å². The van der Waals surface area contributed by atoms with E-state index in [1.807, 2.05) is 31.2 Å². The van der Waals surface area contributed by atoms with Gasteiger partial charge in [0.25, 0.3) is 0 Å². The summed E-state index contributed by atoms with van der Waals surface area (Å²) in [5.74, 6) is -2.45. The molecule has 200 valence electrons. The highest BCUT2D eigenvalue weighted by Crippen LogP contribution is 2.28. The maximum atomic E-state index is 13.7. The van der Waals surface area contributed by atoms with Crippen LogP contribution in [-0.4, -0.2) is 71.2 Å². The van der Waals surface area contributed by atoms with E-state index in [-0.39, 0.29) is 37.8 Å². The Morgan fingerprint density at radius 3 is 2.62 bits per heavy atom. The highest BCUT2D eigenvalue weighted by Gasteiger charge is 2.41. The number of likely N-dealkylation sites (tertiary alicyclic amines) is 1. The largest absolute Gasteiger partial charge is 0.481 e. The molecule has 2 amide bonds. The molecule has 3 atom stereocenters. The molecule has 1 aromatic carbocycles. The molecule has 1 aromatic heterocycles. The van der Waals surface area contributed by atoms with Gasteiger partial charge in [0.15, 0.2) is 0 Å². The van der Waals surface area contributed by atoms with Crippen molar-refractivity contribution in [1.29, 1.82) is 0 Å². The van der Waals surface area contributed by atoms with Gasteiger partial charge in [0.2, 0.25) is 11.8 Å². The Kier molecular flexibility index (Phi) is 10.0. The van der Waals surface area contributed by atoms with Gasteiger partial charge in [-0.3, -0.25) is 19.4 Å². The number of ether oxygens (including phenoxy) is 1. The summed E-state index contributed by atoms with van der Waals surface area (Å²) in [7, 11) is 1.48. The number of carboxylic acids is 1. The standard InChI is InChI=1S/C27H35ClN4O5/c1-18-5-3-6-22(30-18)13-20(14-24(33)34)26(36)32-12-4-11-27(17-32,31-25(35)23(29)16-37-2)15-19-7-9-21(28)10-8-19/h3,5-10,20,23H,4,11-17,29H2,1-2H3,(H,31,35)(H,33,34). The van der Waals surface area contributed by atoms with Crippen LogP contribution in [0, 0.1) is 12.8 Å². The molecule has 1 saturated heterocycles. The Bertz CT molecular complexity index is 1100. The number of carbonyl (C=O) groups is 3. The Morgan fingerprint density at radius 2 is 1.97 bits per heavy atom. The average Bonchev–Trinajstić information content (AvgIpc) is 2.84. The minimum absolute atomic E-state index is 0.0652. The van der Waals surface area contributed by atoms with Crippen LogP contribution in [0.15, 0.2) is 42.5 Å². The van der Waals surface area contributed by atoms with E-state index in [9.17, 15) is 19.5 Å². The van der Waals surface area contributed by atoms with Gasteiger partial charge in [-0.05, 0) is 56.0 Å². The molecule has 37 heavy (non-hydrogen) atoms. The number of halogens is 1. The number of aromatic nitrogens is 1. The first-order valence-corrected chi connectivity index (χ1v) is 12.7. The fraction of sp³-hybridized carbons (Fsp3) is 0.481. The molecule has 0 saturated carbocycles. The van der Waals surface area contributed by atoms with Gasteiger partial charge in [0.1, 0.15) is 6.04 Å². The van der Waals surface area contributed by atoms with E-state index in [4.69, 9.17) is 22.1 Å². The van der Waals surface area contributed by atoms with Gasteiger partial charge in [-0.1, -0.05) is 29.8 Å². The summed E-state index contributed by atoms with van der Waals surface area (Å²) < 4.78 is 5.04. The monoisotopic (exact) mass is 530 g/mol. The minimum Gasteiger partial charge on any atom is -0.481 e. The molecule has 0 aliphatic carbocycles. The normalized spacial score (nSPS) is 19.2. The van der Waals surface area contributed by atoms with Gasteiger partial charge in [0, 0.05) is 43.0 Å². The van der Waals surface area contributed by atoms with E-state index in [2.05, 4.69) is 10.3 Å². The summed E-state index contributed by atoms with van der Waals surface area (Å²) in [4.78, 5) is 44.4. The van der Waals surface area contributed by atoms with E-state index in [0.717, 1.165) is 11.3 Å². The number of aliphatic carboxylic acids is 1. The third-order valence-corrected chi connectivity index (χ3v) is 6.84. The number of piperidine rings is 1. The number of hydrogen-bond donors (Lipinski definition) is 3. The Hall–Kier alpha value is -3.01. The first kappa shape index (κ1) is 28.6. The van der Waals surface area contributed by atoms with Crippen molar-refractivity contribution in [3.8, 4) is 0 Å². The smallest absolute Gasteiger partial charge is 0.304 e. The summed E-state index contributed by atoms with van der Waals surface area (Å²) in [6.45, 7) is 2.62. The van der Waals surface area contributed by atoms with E-state index in [1.165, 1.54) is 7.11 Å². The number of benzene rings is 1. The average molecular weight is 531 g/mol. The molecule has 2 aromatic rings. The highest BCUT2D eigenvalue weighted by atomic mass is 35.5. The van der Waals surface area contributed by atoms with Gasteiger partial charge in [0.05, 0.1) is 24.5 Å². The van der Waals surface area contributed by atoms with Crippen molar-refractivity contribution in [2.45, 2.75) is 50.6 Å². The topological polar surface area (TPSA) is 135 Å². The predicted octanol–water partition coefficient (Wildman–Crippen LogP) is 2.37. The molecule has 0 bridgehead atoms. The molecule has 1 aliphatic heterocycles. The van der Waals surface area contributed by atoms with Crippen molar-refractivity contribution in [3.05, 3.63) is 64.4 Å². The fourth-order valence-corrected chi connectivity index (χ4v) is 5.02. The molecule has 9 nitrogen and oxygen atoms in total. The van der Waals surface area contributed by atoms with Crippen LogP contribution in [0.2, 0.25) is 5.02 Å². The lowest BCUT2D eigenvalue weighted by atomic mass is 9.82. The van der Waals surface area contributed by atoms with E-state index < -0.39 is 23.5 Å². The number of nitrogens with one attached hydrogen (secondary N) is 1. The van der Waals surface area contributed by atoms with Crippen LogP contribution in [0.25, 0.3) is 0 Å². The second kappa shape index (κ2) is 13.0. The summed E-state index contributed by atoms with van der Waals surface area (Å²) in [5.41, 5.74) is 7.65. The zero-order valence-electron chi connectivity index (χ0n) is 21.3. The maximum Gasteiger partial charge on any atom is 0.304 e. The highest BCUT2D eigenvalue weighted by molar-refractivity contribution is 6.30. The third kappa shape index (κ3) is 8.24. The van der Waals surface area contributed by atoms with Crippen molar-refractivity contribution < 1.29 is 24.2 Å². The predicted molar refractivity (Wildman–Crippen MR) is 140 cm³/mol. The van der Waals surface area contributed by atoms with E-state index in [0.29, 0.717) is 36.5 Å². The number of carboxylic acid groups (broad SMARTS) is 1. The van der Waals surface area contributed by atoms with Crippen molar-refractivity contribution in [2.24, 2.45) is 11.7 Å². The molecular formula is C27H35ClN4O5.